The monoisotopic (exact) mass is 381 g/mol. The Morgan fingerprint density at radius 1 is 1.18 bits per heavy atom. The summed E-state index contributed by atoms with van der Waals surface area (Å²) in [5, 5.41) is 14.1. The first-order chi connectivity index (χ1) is 13.6. The van der Waals surface area contributed by atoms with Gasteiger partial charge in [0.1, 0.15) is 0 Å². The van der Waals surface area contributed by atoms with Gasteiger partial charge in [-0.3, -0.25) is 0 Å². The Kier molecular flexibility index (Phi) is 5.25. The zero-order valence-electron chi connectivity index (χ0n) is 16.6. The van der Waals surface area contributed by atoms with Gasteiger partial charge >= 0.3 is 0 Å². The summed E-state index contributed by atoms with van der Waals surface area (Å²) < 4.78 is 17.2. The fourth-order valence-electron chi connectivity index (χ4n) is 4.65. The van der Waals surface area contributed by atoms with E-state index in [1.807, 2.05) is 25.1 Å². The molecule has 2 fully saturated rings. The lowest BCUT2D eigenvalue weighted by Gasteiger charge is -2.35. The van der Waals surface area contributed by atoms with Crippen LogP contribution in [0.1, 0.15) is 74.6 Å². The maximum atomic E-state index is 10.2. The number of aromatic nitrogens is 2. The Hall–Kier alpha value is -2.55. The molecule has 28 heavy (non-hydrogen) atoms. The first-order valence-corrected chi connectivity index (χ1v) is 10.2. The lowest BCUT2D eigenvalue weighted by atomic mass is 9.66. The summed E-state index contributed by atoms with van der Waals surface area (Å²) >= 11 is 0. The van der Waals surface area contributed by atoms with E-state index in [9.17, 15) is 5.26 Å². The molecular formula is C22H27N3O3. The molecule has 0 N–H and O–H groups in total. The third-order valence-corrected chi connectivity index (χ3v) is 6.17. The summed E-state index contributed by atoms with van der Waals surface area (Å²) in [6.45, 7) is 1.82. The second-order valence-corrected chi connectivity index (χ2v) is 8.06. The highest BCUT2D eigenvalue weighted by Gasteiger charge is 2.41. The maximum Gasteiger partial charge on any atom is 0.229 e. The number of benzene rings is 1. The molecule has 0 spiro atoms. The van der Waals surface area contributed by atoms with Crippen molar-refractivity contribution in [3.05, 3.63) is 35.5 Å². The van der Waals surface area contributed by atoms with E-state index in [2.05, 4.69) is 16.2 Å². The van der Waals surface area contributed by atoms with Gasteiger partial charge in [-0.05, 0) is 69.6 Å². The summed E-state index contributed by atoms with van der Waals surface area (Å²) in [6.07, 6.45) is 8.23. The van der Waals surface area contributed by atoms with Crippen LogP contribution in [0.5, 0.6) is 11.5 Å². The number of nitrogens with zero attached hydrogens (tertiary/aromatic N) is 3. The Morgan fingerprint density at radius 3 is 2.68 bits per heavy atom. The predicted octanol–water partition coefficient (Wildman–Crippen LogP) is 4.83. The third-order valence-electron chi connectivity index (χ3n) is 6.17. The molecule has 2 aliphatic carbocycles. The lowest BCUT2D eigenvalue weighted by Crippen LogP contribution is -2.31. The number of methoxy groups -OCH3 is 1. The summed E-state index contributed by atoms with van der Waals surface area (Å²) in [6, 6.07) is 8.56. The molecule has 0 aliphatic heterocycles. The Balaban J connectivity index is 1.63. The highest BCUT2D eigenvalue weighted by Crippen LogP contribution is 2.47. The molecule has 0 bridgehead atoms. The molecule has 6 nitrogen and oxygen atoms in total. The van der Waals surface area contributed by atoms with Gasteiger partial charge in [-0.15, -0.1) is 0 Å². The molecule has 2 unspecified atom stereocenters. The molecule has 0 saturated heterocycles. The minimum absolute atomic E-state index is 0.107. The van der Waals surface area contributed by atoms with E-state index < -0.39 is 5.41 Å². The van der Waals surface area contributed by atoms with Gasteiger partial charge in [-0.25, -0.2) is 0 Å². The molecule has 2 aliphatic rings. The number of rotatable bonds is 5. The van der Waals surface area contributed by atoms with Crippen LogP contribution in [-0.4, -0.2) is 23.4 Å². The molecular weight excluding hydrogens is 354 g/mol. The van der Waals surface area contributed by atoms with Crippen LogP contribution in [0.3, 0.4) is 0 Å². The van der Waals surface area contributed by atoms with Crippen molar-refractivity contribution in [2.75, 3.05) is 7.11 Å². The van der Waals surface area contributed by atoms with Crippen molar-refractivity contribution in [1.29, 1.82) is 5.26 Å². The normalized spacial score (nSPS) is 25.4. The van der Waals surface area contributed by atoms with Gasteiger partial charge in [0, 0.05) is 5.92 Å². The second kappa shape index (κ2) is 7.83. The van der Waals surface area contributed by atoms with Crippen LogP contribution in [0.15, 0.2) is 22.7 Å². The van der Waals surface area contributed by atoms with Crippen molar-refractivity contribution >= 4 is 0 Å². The van der Waals surface area contributed by atoms with Crippen LogP contribution in [0, 0.1) is 18.3 Å². The number of aryl methyl sites for hydroxylation is 1. The van der Waals surface area contributed by atoms with Crippen LogP contribution >= 0.6 is 0 Å². The molecule has 1 aromatic carbocycles. The maximum absolute atomic E-state index is 10.2. The van der Waals surface area contributed by atoms with Crippen molar-refractivity contribution in [3.8, 4) is 17.6 Å². The van der Waals surface area contributed by atoms with Crippen molar-refractivity contribution < 1.29 is 14.0 Å². The summed E-state index contributed by atoms with van der Waals surface area (Å²) in [7, 11) is 1.66. The van der Waals surface area contributed by atoms with E-state index in [0.717, 1.165) is 49.2 Å². The zero-order chi connectivity index (χ0) is 19.6. The fourth-order valence-corrected chi connectivity index (χ4v) is 4.65. The van der Waals surface area contributed by atoms with Gasteiger partial charge in [0.25, 0.3) is 0 Å². The van der Waals surface area contributed by atoms with Gasteiger partial charge in [-0.1, -0.05) is 17.6 Å². The molecule has 0 radical (unpaired) electrons. The largest absolute Gasteiger partial charge is 0.493 e. The Morgan fingerprint density at radius 2 is 2.00 bits per heavy atom. The highest BCUT2D eigenvalue weighted by atomic mass is 16.5. The lowest BCUT2D eigenvalue weighted by molar-refractivity contribution is 0.199. The van der Waals surface area contributed by atoms with E-state index in [1.165, 1.54) is 12.8 Å². The van der Waals surface area contributed by atoms with E-state index in [1.54, 1.807) is 7.11 Å². The van der Waals surface area contributed by atoms with E-state index in [-0.39, 0.29) is 12.0 Å². The number of hydrogen-bond acceptors (Lipinski definition) is 6. The first kappa shape index (κ1) is 18.8. The smallest absolute Gasteiger partial charge is 0.229 e. The van der Waals surface area contributed by atoms with E-state index in [4.69, 9.17) is 14.0 Å². The van der Waals surface area contributed by atoms with Crippen molar-refractivity contribution in [2.24, 2.45) is 0 Å². The minimum atomic E-state index is -0.578. The average molecular weight is 381 g/mol. The summed E-state index contributed by atoms with van der Waals surface area (Å²) in [5.74, 6) is 2.87. The fraction of sp³-hybridized carbons (Fsp3) is 0.591. The van der Waals surface area contributed by atoms with Gasteiger partial charge in [0.05, 0.1) is 24.7 Å². The Labute approximate surface area is 165 Å². The quantitative estimate of drug-likeness (QED) is 0.738. The minimum Gasteiger partial charge on any atom is -0.493 e. The summed E-state index contributed by atoms with van der Waals surface area (Å²) in [4.78, 5) is 4.41. The number of nitriles is 1. The SMILES string of the molecule is COc1ccc(C2(C#N)CCCC(c3nc(C)no3)C2)cc1OC1CCCC1. The molecule has 148 valence electrons. The molecule has 6 heteroatoms. The Bertz CT molecular complexity index is 866. The molecule has 2 saturated carbocycles. The van der Waals surface area contributed by atoms with Crippen molar-refractivity contribution in [1.82, 2.24) is 10.1 Å². The zero-order valence-corrected chi connectivity index (χ0v) is 16.6. The molecule has 2 atom stereocenters. The number of ether oxygens (including phenoxy) is 2. The molecule has 1 heterocycles. The van der Waals surface area contributed by atoms with Crippen molar-refractivity contribution in [2.45, 2.75) is 75.7 Å². The van der Waals surface area contributed by atoms with Crippen LogP contribution in [0.25, 0.3) is 0 Å². The molecule has 0 amide bonds. The van der Waals surface area contributed by atoms with Crippen LogP contribution in [0.4, 0.5) is 0 Å². The second-order valence-electron chi connectivity index (χ2n) is 8.06. The third kappa shape index (κ3) is 3.58. The van der Waals surface area contributed by atoms with Gasteiger partial charge in [0.2, 0.25) is 5.89 Å². The molecule has 2 aromatic rings. The summed E-state index contributed by atoms with van der Waals surface area (Å²) in [5.41, 5.74) is 0.412. The van der Waals surface area contributed by atoms with Gasteiger partial charge in [-0.2, -0.15) is 10.2 Å². The standard InChI is InChI=1S/C22H27N3O3/c1-15-24-21(28-25-15)16-6-5-11-22(13-16,14-23)17-9-10-19(26-2)20(12-17)27-18-7-3-4-8-18/h9-10,12,16,18H,3-8,11,13H2,1-2H3. The molecule has 1 aromatic heterocycles. The van der Waals surface area contributed by atoms with Crippen molar-refractivity contribution in [3.63, 3.8) is 0 Å². The molecule has 4 rings (SSSR count). The number of hydrogen-bond donors (Lipinski definition) is 0. The topological polar surface area (TPSA) is 81.2 Å². The van der Waals surface area contributed by atoms with E-state index >= 15 is 0 Å². The van der Waals surface area contributed by atoms with Gasteiger partial charge < -0.3 is 14.0 Å². The van der Waals surface area contributed by atoms with Crippen LogP contribution in [-0.2, 0) is 5.41 Å². The predicted molar refractivity (Wildman–Crippen MR) is 103 cm³/mol. The van der Waals surface area contributed by atoms with E-state index in [0.29, 0.717) is 18.1 Å². The average Bonchev–Trinajstić information content (AvgIpc) is 3.39. The van der Waals surface area contributed by atoms with Crippen LogP contribution in [0.2, 0.25) is 0 Å². The first-order valence-electron chi connectivity index (χ1n) is 10.2. The highest BCUT2D eigenvalue weighted by molar-refractivity contribution is 5.47. The van der Waals surface area contributed by atoms with Crippen LogP contribution < -0.4 is 9.47 Å². The van der Waals surface area contributed by atoms with Gasteiger partial charge in [0.15, 0.2) is 17.3 Å².